The Morgan fingerprint density at radius 3 is 2.42 bits per heavy atom. The van der Waals surface area contributed by atoms with Gasteiger partial charge in [-0.25, -0.2) is 4.68 Å². The summed E-state index contributed by atoms with van der Waals surface area (Å²) in [5.74, 6) is 0.517. The van der Waals surface area contributed by atoms with E-state index < -0.39 is 23.3 Å². The van der Waals surface area contributed by atoms with Gasteiger partial charge < -0.3 is 4.52 Å². The molecule has 0 aliphatic carbocycles. The molecule has 1 aromatic carbocycles. The predicted molar refractivity (Wildman–Crippen MR) is 88.7 cm³/mol. The maximum atomic E-state index is 13.3. The predicted octanol–water partition coefficient (Wildman–Crippen LogP) is 4.14. The highest BCUT2D eigenvalue weighted by molar-refractivity contribution is 5.62. The van der Waals surface area contributed by atoms with Crippen molar-refractivity contribution >= 4 is 0 Å². The Morgan fingerprint density at radius 2 is 1.81 bits per heavy atom. The first-order valence-corrected chi connectivity index (χ1v) is 7.89. The Morgan fingerprint density at radius 1 is 1.12 bits per heavy atom. The Labute approximate surface area is 147 Å². The number of nitrogens with zero attached hydrogens (tertiary/aromatic N) is 3. The first kappa shape index (κ1) is 17.9. The zero-order valence-corrected chi connectivity index (χ0v) is 14.3. The largest absolute Gasteiger partial charge is 0.416 e. The van der Waals surface area contributed by atoms with Crippen molar-refractivity contribution in [1.29, 1.82) is 0 Å². The van der Waals surface area contributed by atoms with E-state index in [4.69, 9.17) is 4.52 Å². The Kier molecular flexibility index (Phi) is 4.43. The molecule has 2 aromatic heterocycles. The summed E-state index contributed by atoms with van der Waals surface area (Å²) in [6, 6.07) is 7.05. The van der Waals surface area contributed by atoms with Gasteiger partial charge in [0.2, 0.25) is 0 Å². The van der Waals surface area contributed by atoms with Crippen LogP contribution in [-0.2, 0) is 6.18 Å². The number of aromatic nitrogens is 3. The van der Waals surface area contributed by atoms with Gasteiger partial charge in [0.1, 0.15) is 5.76 Å². The van der Waals surface area contributed by atoms with Crippen LogP contribution in [-0.4, -0.2) is 14.9 Å². The van der Waals surface area contributed by atoms with Crippen LogP contribution in [0.4, 0.5) is 13.2 Å². The van der Waals surface area contributed by atoms with Gasteiger partial charge in [0.15, 0.2) is 0 Å². The summed E-state index contributed by atoms with van der Waals surface area (Å²) in [4.78, 5) is 12.3. The molecule has 8 heteroatoms. The van der Waals surface area contributed by atoms with Crippen molar-refractivity contribution < 1.29 is 17.7 Å². The van der Waals surface area contributed by atoms with E-state index in [1.165, 1.54) is 37.3 Å². The highest BCUT2D eigenvalue weighted by atomic mass is 19.4. The minimum Gasteiger partial charge on any atom is -0.361 e. The molecule has 0 N–H and O–H groups in total. The highest BCUT2D eigenvalue weighted by Gasteiger charge is 2.34. The Balaban J connectivity index is 2.14. The van der Waals surface area contributed by atoms with Gasteiger partial charge in [-0.1, -0.05) is 23.4 Å². The number of hydrogen-bond acceptors (Lipinski definition) is 4. The van der Waals surface area contributed by atoms with Gasteiger partial charge in [0.25, 0.3) is 5.56 Å². The van der Waals surface area contributed by atoms with Gasteiger partial charge in [-0.05, 0) is 38.5 Å². The van der Waals surface area contributed by atoms with E-state index in [1.54, 1.807) is 13.8 Å². The van der Waals surface area contributed by atoms with E-state index in [0.29, 0.717) is 22.7 Å². The Hall–Kier alpha value is -2.90. The molecular formula is C18H16F3N3O2. The molecule has 136 valence electrons. The van der Waals surface area contributed by atoms with E-state index in [1.807, 2.05) is 0 Å². The summed E-state index contributed by atoms with van der Waals surface area (Å²) in [6.45, 7) is 4.94. The smallest absolute Gasteiger partial charge is 0.361 e. The monoisotopic (exact) mass is 363 g/mol. The first-order valence-electron chi connectivity index (χ1n) is 7.89. The van der Waals surface area contributed by atoms with E-state index >= 15 is 0 Å². The summed E-state index contributed by atoms with van der Waals surface area (Å²) >= 11 is 0. The molecule has 0 radical (unpaired) electrons. The molecule has 0 fully saturated rings. The molecule has 0 bridgehead atoms. The maximum Gasteiger partial charge on any atom is 0.416 e. The number of rotatable bonds is 3. The lowest BCUT2D eigenvalue weighted by molar-refractivity contribution is -0.138. The van der Waals surface area contributed by atoms with Crippen molar-refractivity contribution in [1.82, 2.24) is 14.9 Å². The highest BCUT2D eigenvalue weighted by Crippen LogP contribution is 2.35. The molecule has 1 atom stereocenters. The van der Waals surface area contributed by atoms with Gasteiger partial charge in [-0.2, -0.15) is 18.3 Å². The zero-order valence-electron chi connectivity index (χ0n) is 14.3. The maximum absolute atomic E-state index is 13.3. The molecule has 1 unspecified atom stereocenters. The molecule has 0 aliphatic rings. The Bertz CT molecular complexity index is 986. The van der Waals surface area contributed by atoms with E-state index in [2.05, 4.69) is 10.3 Å². The fraction of sp³-hybridized carbons (Fsp3) is 0.278. The van der Waals surface area contributed by atoms with Crippen LogP contribution < -0.4 is 5.56 Å². The average molecular weight is 363 g/mol. The molecule has 0 saturated carbocycles. The van der Waals surface area contributed by atoms with Crippen molar-refractivity contribution in [3.8, 4) is 11.3 Å². The van der Waals surface area contributed by atoms with E-state index in [-0.39, 0.29) is 5.56 Å². The van der Waals surface area contributed by atoms with Crippen LogP contribution in [0.2, 0.25) is 0 Å². The van der Waals surface area contributed by atoms with Gasteiger partial charge in [0, 0.05) is 6.07 Å². The second-order valence-electron chi connectivity index (χ2n) is 5.96. The summed E-state index contributed by atoms with van der Waals surface area (Å²) in [5.41, 5.74) is 0.315. The summed E-state index contributed by atoms with van der Waals surface area (Å²) in [7, 11) is 0. The van der Waals surface area contributed by atoms with Gasteiger partial charge in [-0.3, -0.25) is 4.79 Å². The molecule has 0 spiro atoms. The summed E-state index contributed by atoms with van der Waals surface area (Å²) in [5, 5.41) is 8.12. The normalized spacial score (nSPS) is 13.0. The number of benzene rings is 1. The third-order valence-electron chi connectivity index (χ3n) is 4.20. The van der Waals surface area contributed by atoms with Crippen LogP contribution in [0.15, 0.2) is 45.7 Å². The van der Waals surface area contributed by atoms with Crippen LogP contribution in [0.25, 0.3) is 11.3 Å². The lowest BCUT2D eigenvalue weighted by atomic mass is 10.0. The lowest BCUT2D eigenvalue weighted by Crippen LogP contribution is -2.27. The van der Waals surface area contributed by atoms with Crippen molar-refractivity contribution in [3.05, 3.63) is 69.3 Å². The third-order valence-corrected chi connectivity index (χ3v) is 4.20. The molecule has 0 saturated heterocycles. The second kappa shape index (κ2) is 6.44. The molecule has 3 rings (SSSR count). The summed E-state index contributed by atoms with van der Waals surface area (Å²) in [6.07, 6.45) is -4.52. The van der Waals surface area contributed by atoms with E-state index in [0.717, 1.165) is 10.7 Å². The standard InChI is InChI=1S/C18H16F3N3O2/c1-10-17(12(3)26-23-10)15-8-9-16(25)24(22-15)11(2)13-6-4-5-7-14(13)18(19,20)21/h4-9,11H,1-3H3. The molecule has 2 heterocycles. The van der Waals surface area contributed by atoms with Crippen LogP contribution in [0.3, 0.4) is 0 Å². The topological polar surface area (TPSA) is 60.9 Å². The van der Waals surface area contributed by atoms with Crippen molar-refractivity contribution in [2.45, 2.75) is 33.0 Å². The van der Waals surface area contributed by atoms with Gasteiger partial charge >= 0.3 is 6.18 Å². The number of aryl methyl sites for hydroxylation is 2. The number of halogens is 3. The second-order valence-corrected chi connectivity index (χ2v) is 5.96. The molecule has 5 nitrogen and oxygen atoms in total. The van der Waals surface area contributed by atoms with Crippen molar-refractivity contribution in [3.63, 3.8) is 0 Å². The van der Waals surface area contributed by atoms with Crippen molar-refractivity contribution in [2.75, 3.05) is 0 Å². The summed E-state index contributed by atoms with van der Waals surface area (Å²) < 4.78 is 46.1. The molecule has 26 heavy (non-hydrogen) atoms. The van der Waals surface area contributed by atoms with Gasteiger partial charge in [-0.15, -0.1) is 0 Å². The van der Waals surface area contributed by atoms with Gasteiger partial charge in [0.05, 0.1) is 28.6 Å². The SMILES string of the molecule is Cc1noc(C)c1-c1ccc(=O)n(C(C)c2ccccc2C(F)(F)F)n1. The number of alkyl halides is 3. The quantitative estimate of drug-likeness (QED) is 0.702. The molecule has 3 aromatic rings. The fourth-order valence-electron chi connectivity index (χ4n) is 2.94. The van der Waals surface area contributed by atoms with Crippen LogP contribution in [0, 0.1) is 13.8 Å². The first-order chi connectivity index (χ1) is 12.2. The lowest BCUT2D eigenvalue weighted by Gasteiger charge is -2.19. The minimum absolute atomic E-state index is 0.0227. The fourth-order valence-corrected chi connectivity index (χ4v) is 2.94. The minimum atomic E-state index is -4.52. The third kappa shape index (κ3) is 3.14. The number of hydrogen-bond donors (Lipinski definition) is 0. The van der Waals surface area contributed by atoms with Crippen LogP contribution in [0.5, 0.6) is 0 Å². The van der Waals surface area contributed by atoms with E-state index in [9.17, 15) is 18.0 Å². The molecule has 0 amide bonds. The molecule has 0 aliphatic heterocycles. The average Bonchev–Trinajstić information content (AvgIpc) is 2.93. The van der Waals surface area contributed by atoms with Crippen molar-refractivity contribution in [2.24, 2.45) is 0 Å². The van der Waals surface area contributed by atoms with Crippen LogP contribution in [0.1, 0.15) is 35.5 Å². The zero-order chi connectivity index (χ0) is 19.1. The van der Waals surface area contributed by atoms with Crippen LogP contribution >= 0.6 is 0 Å². The molecular weight excluding hydrogens is 347 g/mol.